The predicted molar refractivity (Wildman–Crippen MR) is 110 cm³/mol. The lowest BCUT2D eigenvalue weighted by Gasteiger charge is -2.25. The molecule has 1 aliphatic heterocycles. The Morgan fingerprint density at radius 1 is 1.00 bits per heavy atom. The molecule has 154 valence electrons. The van der Waals surface area contributed by atoms with Crippen molar-refractivity contribution >= 4 is 36.6 Å². The molecule has 2 N–H and O–H groups in total. The van der Waals surface area contributed by atoms with Gasteiger partial charge in [0, 0.05) is 51.7 Å². The summed E-state index contributed by atoms with van der Waals surface area (Å²) in [6.45, 7) is 9.22. The number of rotatable bonds is 6. The van der Waals surface area contributed by atoms with Gasteiger partial charge in [-0.25, -0.2) is 0 Å². The lowest BCUT2D eigenvalue weighted by atomic mass is 9.99. The van der Waals surface area contributed by atoms with Gasteiger partial charge in [-0.15, -0.1) is 24.8 Å². The van der Waals surface area contributed by atoms with E-state index in [2.05, 4.69) is 4.90 Å². The maximum atomic E-state index is 12.6. The van der Waals surface area contributed by atoms with Crippen molar-refractivity contribution in [2.75, 3.05) is 45.8 Å². The predicted octanol–water partition coefficient (Wildman–Crippen LogP) is 1.75. The van der Waals surface area contributed by atoms with Crippen LogP contribution in [0.25, 0.3) is 0 Å². The molecule has 1 aliphatic carbocycles. The third-order valence-electron chi connectivity index (χ3n) is 5.57. The molecule has 6 nitrogen and oxygen atoms in total. The summed E-state index contributed by atoms with van der Waals surface area (Å²) in [5.74, 6) is 0.798. The Balaban J connectivity index is 0.00000312. The second-order valence-corrected chi connectivity index (χ2v) is 7.14. The summed E-state index contributed by atoms with van der Waals surface area (Å²) in [6.07, 6.45) is 4.83. The van der Waals surface area contributed by atoms with Gasteiger partial charge in [0.2, 0.25) is 11.8 Å². The van der Waals surface area contributed by atoms with E-state index in [1.54, 1.807) is 0 Å². The minimum absolute atomic E-state index is 0. The number of carbonyl (C=O) groups excluding carboxylic acids is 2. The first-order chi connectivity index (χ1) is 11.5. The van der Waals surface area contributed by atoms with Crippen molar-refractivity contribution in [3.05, 3.63) is 0 Å². The molecule has 1 saturated carbocycles. The fourth-order valence-electron chi connectivity index (χ4n) is 3.92. The summed E-state index contributed by atoms with van der Waals surface area (Å²) in [7, 11) is 0. The zero-order valence-corrected chi connectivity index (χ0v) is 17.8. The summed E-state index contributed by atoms with van der Waals surface area (Å²) < 4.78 is 0. The molecular formula is C18H36Cl2N4O2. The van der Waals surface area contributed by atoms with Crippen molar-refractivity contribution in [2.45, 2.75) is 52.0 Å². The van der Waals surface area contributed by atoms with Crippen LogP contribution in [0.1, 0.15) is 46.0 Å². The first kappa shape index (κ1) is 25.4. The Labute approximate surface area is 170 Å². The highest BCUT2D eigenvalue weighted by atomic mass is 35.5. The normalized spacial score (nSPS) is 23.6. The van der Waals surface area contributed by atoms with E-state index in [-0.39, 0.29) is 42.7 Å². The van der Waals surface area contributed by atoms with Crippen molar-refractivity contribution < 1.29 is 9.59 Å². The topological polar surface area (TPSA) is 69.9 Å². The lowest BCUT2D eigenvalue weighted by molar-refractivity contribution is -0.132. The van der Waals surface area contributed by atoms with Crippen molar-refractivity contribution in [3.8, 4) is 0 Å². The molecular weight excluding hydrogens is 375 g/mol. The maximum absolute atomic E-state index is 12.6. The Kier molecular flexibility index (Phi) is 12.5. The van der Waals surface area contributed by atoms with E-state index in [4.69, 9.17) is 5.73 Å². The third kappa shape index (κ3) is 7.22. The second kappa shape index (κ2) is 12.8. The summed E-state index contributed by atoms with van der Waals surface area (Å²) in [5.41, 5.74) is 6.10. The number of amides is 2. The van der Waals surface area contributed by atoms with Gasteiger partial charge in [-0.2, -0.15) is 0 Å². The molecule has 2 aliphatic rings. The highest BCUT2D eigenvalue weighted by Gasteiger charge is 2.29. The smallest absolute Gasteiger partial charge is 0.236 e. The number of carbonyl (C=O) groups is 2. The molecule has 0 bridgehead atoms. The summed E-state index contributed by atoms with van der Waals surface area (Å²) in [5, 5.41) is 0. The largest absolute Gasteiger partial charge is 0.342 e. The fraction of sp³-hybridized carbons (Fsp3) is 0.889. The SMILES string of the molecule is CCN(CC)C(=O)CN1CCCN(C(=O)C[C@@H]2CCC[C@H]2N)CC1.Cl.Cl. The van der Waals surface area contributed by atoms with Crippen LogP contribution in [0.5, 0.6) is 0 Å². The molecule has 0 unspecified atom stereocenters. The number of hydrogen-bond acceptors (Lipinski definition) is 4. The van der Waals surface area contributed by atoms with Gasteiger partial charge >= 0.3 is 0 Å². The van der Waals surface area contributed by atoms with E-state index in [0.29, 0.717) is 18.9 Å². The van der Waals surface area contributed by atoms with Gasteiger partial charge in [-0.05, 0) is 39.0 Å². The van der Waals surface area contributed by atoms with Crippen LogP contribution in [0, 0.1) is 5.92 Å². The average molecular weight is 411 g/mol. The summed E-state index contributed by atoms with van der Waals surface area (Å²) >= 11 is 0. The average Bonchev–Trinajstić information content (AvgIpc) is 2.82. The quantitative estimate of drug-likeness (QED) is 0.723. The van der Waals surface area contributed by atoms with E-state index in [1.165, 1.54) is 0 Å². The molecule has 2 fully saturated rings. The van der Waals surface area contributed by atoms with Crippen LogP contribution in [0.4, 0.5) is 0 Å². The van der Waals surface area contributed by atoms with Crippen LogP contribution in [0.15, 0.2) is 0 Å². The first-order valence-corrected chi connectivity index (χ1v) is 9.58. The summed E-state index contributed by atoms with van der Waals surface area (Å²) in [6, 6.07) is 0.198. The Morgan fingerprint density at radius 2 is 1.69 bits per heavy atom. The van der Waals surface area contributed by atoms with Gasteiger partial charge < -0.3 is 15.5 Å². The third-order valence-corrected chi connectivity index (χ3v) is 5.57. The number of hydrogen-bond donors (Lipinski definition) is 1. The molecule has 0 spiro atoms. The number of halogens is 2. The van der Waals surface area contributed by atoms with Crippen LogP contribution in [0.2, 0.25) is 0 Å². The highest BCUT2D eigenvalue weighted by Crippen LogP contribution is 2.27. The number of nitrogens with zero attached hydrogens (tertiary/aromatic N) is 3. The monoisotopic (exact) mass is 410 g/mol. The molecule has 0 radical (unpaired) electrons. The molecule has 8 heteroatoms. The number of likely N-dealkylation sites (N-methyl/N-ethyl adjacent to an activating group) is 1. The highest BCUT2D eigenvalue weighted by molar-refractivity contribution is 5.85. The first-order valence-electron chi connectivity index (χ1n) is 9.58. The molecule has 0 aromatic heterocycles. The van der Waals surface area contributed by atoms with Gasteiger partial charge in [-0.3, -0.25) is 14.5 Å². The standard InChI is InChI=1S/C18H34N4O2.2ClH/c1-3-21(4-2)18(24)14-20-9-6-10-22(12-11-20)17(23)13-15-7-5-8-16(15)19;;/h15-16H,3-14,19H2,1-2H3;2*1H/t15-,16+;;/m0../s1. The van der Waals surface area contributed by atoms with E-state index in [9.17, 15) is 9.59 Å². The summed E-state index contributed by atoms with van der Waals surface area (Å²) in [4.78, 5) is 30.9. The van der Waals surface area contributed by atoms with Crippen LogP contribution in [-0.4, -0.2) is 78.4 Å². The van der Waals surface area contributed by atoms with Gasteiger partial charge in [0.25, 0.3) is 0 Å². The van der Waals surface area contributed by atoms with Gasteiger partial charge in [0.15, 0.2) is 0 Å². The molecule has 26 heavy (non-hydrogen) atoms. The van der Waals surface area contributed by atoms with Crippen LogP contribution >= 0.6 is 24.8 Å². The molecule has 0 aromatic carbocycles. The zero-order chi connectivity index (χ0) is 17.5. The molecule has 0 aromatic rings. The molecule has 1 heterocycles. The Hall–Kier alpha value is -0.560. The van der Waals surface area contributed by atoms with E-state index in [1.807, 2.05) is 23.6 Å². The molecule has 2 amide bonds. The minimum atomic E-state index is 0. The second-order valence-electron chi connectivity index (χ2n) is 7.14. The van der Waals surface area contributed by atoms with Crippen molar-refractivity contribution in [2.24, 2.45) is 11.7 Å². The Morgan fingerprint density at radius 3 is 2.27 bits per heavy atom. The maximum Gasteiger partial charge on any atom is 0.236 e. The molecule has 1 saturated heterocycles. The van der Waals surface area contributed by atoms with E-state index in [0.717, 1.165) is 65.0 Å². The van der Waals surface area contributed by atoms with Crippen molar-refractivity contribution in [1.82, 2.24) is 14.7 Å². The van der Waals surface area contributed by atoms with Crippen LogP contribution in [-0.2, 0) is 9.59 Å². The Bertz CT molecular complexity index is 435. The van der Waals surface area contributed by atoms with Gasteiger partial charge in [0.1, 0.15) is 0 Å². The van der Waals surface area contributed by atoms with Gasteiger partial charge in [0.05, 0.1) is 6.54 Å². The van der Waals surface area contributed by atoms with Crippen molar-refractivity contribution in [3.63, 3.8) is 0 Å². The van der Waals surface area contributed by atoms with E-state index < -0.39 is 0 Å². The minimum Gasteiger partial charge on any atom is -0.342 e. The van der Waals surface area contributed by atoms with Crippen LogP contribution < -0.4 is 5.73 Å². The zero-order valence-electron chi connectivity index (χ0n) is 16.2. The van der Waals surface area contributed by atoms with E-state index >= 15 is 0 Å². The van der Waals surface area contributed by atoms with Gasteiger partial charge in [-0.1, -0.05) is 6.42 Å². The van der Waals surface area contributed by atoms with Crippen LogP contribution in [0.3, 0.4) is 0 Å². The molecule has 2 rings (SSSR count). The lowest BCUT2D eigenvalue weighted by Crippen LogP contribution is -2.42. The van der Waals surface area contributed by atoms with Crippen molar-refractivity contribution in [1.29, 1.82) is 0 Å². The fourth-order valence-corrected chi connectivity index (χ4v) is 3.92. The number of nitrogens with two attached hydrogens (primary N) is 1. The molecule has 2 atom stereocenters.